The Morgan fingerprint density at radius 1 is 1.55 bits per heavy atom. The zero-order valence-corrected chi connectivity index (χ0v) is 13.2. The van der Waals surface area contributed by atoms with Crippen LogP contribution in [0, 0.1) is 0 Å². The summed E-state index contributed by atoms with van der Waals surface area (Å²) in [6, 6.07) is 0. The summed E-state index contributed by atoms with van der Waals surface area (Å²) in [4.78, 5) is 29.9. The number of carboxylic acids is 1. The number of Topliss-reactive ketones (excluding diaryl/α,β-unsaturated/α-hetero) is 1. The molecule has 1 aliphatic rings. The van der Waals surface area contributed by atoms with E-state index in [4.69, 9.17) is 4.74 Å². The first-order valence-corrected chi connectivity index (χ1v) is 5.79. The normalized spacial score (nSPS) is 13.1. The summed E-state index contributed by atoms with van der Waals surface area (Å²) in [6.07, 6.45) is 3.25. The molecule has 0 saturated carbocycles. The predicted molar refractivity (Wildman–Crippen MR) is 63.7 cm³/mol. The van der Waals surface area contributed by atoms with E-state index < -0.39 is 5.97 Å². The number of rotatable bonds is 6. The molecule has 9 heteroatoms. The van der Waals surface area contributed by atoms with Gasteiger partial charge >= 0.3 is 29.6 Å². The van der Waals surface area contributed by atoms with E-state index in [0.717, 1.165) is 0 Å². The molecule has 2 rings (SSSR count). The fourth-order valence-electron chi connectivity index (χ4n) is 1.67. The molecule has 0 saturated heterocycles. The largest absolute Gasteiger partial charge is 1.00 e. The maximum Gasteiger partial charge on any atom is 1.00 e. The Hall–Kier alpha value is -1.22. The van der Waals surface area contributed by atoms with Crippen molar-refractivity contribution in [1.29, 1.82) is 0 Å². The number of hydrogen-bond acceptors (Lipinski definition) is 7. The van der Waals surface area contributed by atoms with Crippen molar-refractivity contribution in [3.8, 4) is 0 Å². The molecule has 0 aromatic carbocycles. The molecular weight excluding hydrogens is 275 g/mol. The summed E-state index contributed by atoms with van der Waals surface area (Å²) >= 11 is 0. The molecule has 1 N–H and O–H groups in total. The molecular formula is C11H13N4NaO4. The standard InChI is InChI=1S/C11H14N4O4.Na/c16-8-4-12-5-13-11-10(8)15(6-14-11)7-19-3-1-2-9(17)18;/h5-6H,1-4,7H2,(H,12,13)(H,17,18);/q;+1/p-1. The van der Waals surface area contributed by atoms with Crippen LogP contribution < -0.4 is 40.0 Å². The molecule has 0 atom stereocenters. The molecule has 1 aliphatic heterocycles. The topological polar surface area (TPSA) is 109 Å². The third-order valence-electron chi connectivity index (χ3n) is 2.53. The van der Waals surface area contributed by atoms with Crippen LogP contribution in [0.2, 0.25) is 0 Å². The van der Waals surface area contributed by atoms with Gasteiger partial charge in [-0.3, -0.25) is 9.79 Å². The summed E-state index contributed by atoms with van der Waals surface area (Å²) in [5, 5.41) is 13.0. The van der Waals surface area contributed by atoms with Gasteiger partial charge in [-0.05, 0) is 12.8 Å². The first kappa shape index (κ1) is 16.8. The SMILES string of the molecule is O=C([O-])CCCOCn1cnc2c1C(=O)CN=CN2.[Na+]. The van der Waals surface area contributed by atoms with Crippen molar-refractivity contribution in [1.82, 2.24) is 9.55 Å². The molecule has 0 bridgehead atoms. The fourth-order valence-corrected chi connectivity index (χ4v) is 1.67. The maximum atomic E-state index is 11.8. The molecule has 102 valence electrons. The number of anilines is 1. The second-order valence-corrected chi connectivity index (χ2v) is 3.96. The molecule has 0 unspecified atom stereocenters. The number of nitrogens with zero attached hydrogens (tertiary/aromatic N) is 3. The Bertz CT molecular complexity index is 515. The minimum Gasteiger partial charge on any atom is -0.550 e. The van der Waals surface area contributed by atoms with Crippen molar-refractivity contribution >= 4 is 23.9 Å². The maximum absolute atomic E-state index is 11.8. The first-order chi connectivity index (χ1) is 9.18. The van der Waals surface area contributed by atoms with Crippen molar-refractivity contribution in [2.45, 2.75) is 19.6 Å². The zero-order chi connectivity index (χ0) is 13.7. The van der Waals surface area contributed by atoms with Crippen LogP contribution in [0.4, 0.5) is 5.82 Å². The number of aromatic nitrogens is 2. The van der Waals surface area contributed by atoms with Crippen LogP contribution in [0.15, 0.2) is 11.3 Å². The zero-order valence-electron chi connectivity index (χ0n) is 11.2. The van der Waals surface area contributed by atoms with Crippen LogP contribution in [-0.2, 0) is 16.3 Å². The van der Waals surface area contributed by atoms with Gasteiger partial charge in [0.15, 0.2) is 5.82 Å². The van der Waals surface area contributed by atoms with Crippen molar-refractivity contribution in [3.63, 3.8) is 0 Å². The van der Waals surface area contributed by atoms with Gasteiger partial charge in [-0.25, -0.2) is 4.98 Å². The second-order valence-electron chi connectivity index (χ2n) is 3.96. The van der Waals surface area contributed by atoms with Gasteiger partial charge < -0.3 is 24.5 Å². The number of nitrogens with one attached hydrogen (secondary N) is 1. The Balaban J connectivity index is 0.00000200. The van der Waals surface area contributed by atoms with Crippen LogP contribution in [-0.4, -0.2) is 40.8 Å². The summed E-state index contributed by atoms with van der Waals surface area (Å²) in [5.41, 5.74) is 0.414. The van der Waals surface area contributed by atoms with Crippen molar-refractivity contribution < 1.29 is 49.0 Å². The first-order valence-electron chi connectivity index (χ1n) is 5.79. The summed E-state index contributed by atoms with van der Waals surface area (Å²) in [6.45, 7) is 0.484. The number of carbonyl (C=O) groups is 2. The number of fused-ring (bicyclic) bond motifs is 1. The number of carbonyl (C=O) groups excluding carboxylic acids is 2. The average Bonchev–Trinajstić information content (AvgIpc) is 2.67. The van der Waals surface area contributed by atoms with E-state index in [-0.39, 0.29) is 61.6 Å². The number of aliphatic imine (C=N–C) groups is 1. The van der Waals surface area contributed by atoms with E-state index >= 15 is 0 Å². The molecule has 1 aromatic rings. The quantitative estimate of drug-likeness (QED) is 0.422. The van der Waals surface area contributed by atoms with E-state index in [9.17, 15) is 14.7 Å². The number of carboxylic acid groups (broad SMARTS) is 1. The molecule has 0 amide bonds. The van der Waals surface area contributed by atoms with Crippen molar-refractivity contribution in [3.05, 3.63) is 12.0 Å². The van der Waals surface area contributed by atoms with Crippen LogP contribution in [0.3, 0.4) is 0 Å². The smallest absolute Gasteiger partial charge is 0.550 e. The van der Waals surface area contributed by atoms with Gasteiger partial charge in [-0.15, -0.1) is 0 Å². The van der Waals surface area contributed by atoms with Crippen LogP contribution in [0.1, 0.15) is 23.3 Å². The molecule has 0 radical (unpaired) electrons. The predicted octanol–water partition coefficient (Wildman–Crippen LogP) is -3.97. The average molecular weight is 288 g/mol. The minimum absolute atomic E-state index is 0. The monoisotopic (exact) mass is 288 g/mol. The fraction of sp³-hybridized carbons (Fsp3) is 0.455. The number of ether oxygens (including phenoxy) is 1. The third kappa shape index (κ3) is 4.41. The van der Waals surface area contributed by atoms with E-state index in [0.29, 0.717) is 17.9 Å². The molecule has 0 aliphatic carbocycles. The molecule has 1 aromatic heterocycles. The molecule has 20 heavy (non-hydrogen) atoms. The van der Waals surface area contributed by atoms with Gasteiger partial charge in [0, 0.05) is 12.6 Å². The number of imidazole rings is 1. The summed E-state index contributed by atoms with van der Waals surface area (Å²) in [7, 11) is 0. The van der Waals surface area contributed by atoms with Crippen molar-refractivity contribution in [2.75, 3.05) is 18.5 Å². The van der Waals surface area contributed by atoms with Crippen LogP contribution in [0.5, 0.6) is 0 Å². The minimum atomic E-state index is -1.10. The second kappa shape index (κ2) is 8.15. The van der Waals surface area contributed by atoms with E-state index in [1.807, 2.05) is 0 Å². The van der Waals surface area contributed by atoms with Gasteiger partial charge in [0.25, 0.3) is 0 Å². The third-order valence-corrected chi connectivity index (χ3v) is 2.53. The molecule has 0 fully saturated rings. The van der Waals surface area contributed by atoms with Crippen LogP contribution in [0.25, 0.3) is 0 Å². The Morgan fingerprint density at radius 2 is 2.35 bits per heavy atom. The van der Waals surface area contributed by atoms with Gasteiger partial charge in [0.2, 0.25) is 5.78 Å². The number of ketones is 1. The number of aliphatic carboxylic acids is 1. The van der Waals surface area contributed by atoms with E-state index in [1.54, 1.807) is 4.57 Å². The summed E-state index contributed by atoms with van der Waals surface area (Å²) in [5.74, 6) is -0.798. The van der Waals surface area contributed by atoms with Gasteiger partial charge in [-0.2, -0.15) is 0 Å². The molecule has 8 nitrogen and oxygen atoms in total. The molecule has 0 spiro atoms. The Labute approximate surface area is 137 Å². The van der Waals surface area contributed by atoms with Crippen molar-refractivity contribution in [2.24, 2.45) is 4.99 Å². The van der Waals surface area contributed by atoms with E-state index in [1.165, 1.54) is 12.7 Å². The van der Waals surface area contributed by atoms with Gasteiger partial charge in [-0.1, -0.05) is 0 Å². The number of hydrogen-bond donors (Lipinski definition) is 1. The van der Waals surface area contributed by atoms with Crippen LogP contribution >= 0.6 is 0 Å². The Morgan fingerprint density at radius 3 is 3.10 bits per heavy atom. The summed E-state index contributed by atoms with van der Waals surface area (Å²) < 4.78 is 6.86. The van der Waals surface area contributed by atoms with E-state index in [2.05, 4.69) is 15.3 Å². The molecule has 2 heterocycles. The van der Waals surface area contributed by atoms with Gasteiger partial charge in [0.05, 0.1) is 12.7 Å². The van der Waals surface area contributed by atoms with Gasteiger partial charge in [0.1, 0.15) is 19.0 Å². The Kier molecular flexibility index (Phi) is 6.86.